The van der Waals surface area contributed by atoms with Crippen molar-refractivity contribution >= 4 is 16.9 Å². The molecule has 0 fully saturated rings. The van der Waals surface area contributed by atoms with Crippen molar-refractivity contribution in [3.63, 3.8) is 0 Å². The summed E-state index contributed by atoms with van der Waals surface area (Å²) in [5.74, 6) is 0.905. The molecule has 0 saturated carbocycles. The van der Waals surface area contributed by atoms with Gasteiger partial charge in [-0.1, -0.05) is 17.7 Å². The number of fused-ring (bicyclic) bond motifs is 1. The lowest BCUT2D eigenvalue weighted by Crippen LogP contribution is -2.10. The highest BCUT2D eigenvalue weighted by Gasteiger charge is 2.17. The first kappa shape index (κ1) is 19.6. The first-order valence-electron chi connectivity index (χ1n) is 9.80. The maximum absolute atomic E-state index is 13.1. The fraction of sp³-hybridized carbons (Fsp3) is 0.154. The first-order chi connectivity index (χ1) is 14.4. The lowest BCUT2D eigenvalue weighted by Gasteiger charge is -2.12. The molecule has 0 unspecified atom stereocenters. The van der Waals surface area contributed by atoms with Crippen LogP contribution in [0.2, 0.25) is 0 Å². The van der Waals surface area contributed by atoms with E-state index in [1.165, 1.54) is 0 Å². The second-order valence-electron chi connectivity index (χ2n) is 7.44. The number of carbonyl (C=O) groups is 1. The molecule has 4 heteroatoms. The smallest absolute Gasteiger partial charge is 0.344 e. The average molecular weight is 397 g/mol. The number of aromatic nitrogens is 1. The Morgan fingerprint density at radius 1 is 0.800 bits per heavy atom. The Morgan fingerprint density at radius 3 is 2.23 bits per heavy atom. The van der Waals surface area contributed by atoms with E-state index in [9.17, 15) is 4.79 Å². The maximum atomic E-state index is 13.1. The SMILES string of the molecule is COc1ccc(-c2cc(C(=O)Oc3ccc(C)c(C)c3)c3cc(C)ccc3n2)cc1. The highest BCUT2D eigenvalue weighted by molar-refractivity contribution is 6.05. The van der Waals surface area contributed by atoms with Crippen molar-refractivity contribution in [2.75, 3.05) is 7.11 Å². The van der Waals surface area contributed by atoms with Crippen LogP contribution >= 0.6 is 0 Å². The molecule has 0 saturated heterocycles. The van der Waals surface area contributed by atoms with Gasteiger partial charge in [0, 0.05) is 10.9 Å². The highest BCUT2D eigenvalue weighted by atomic mass is 16.5. The molecule has 4 aromatic rings. The number of benzene rings is 3. The van der Waals surface area contributed by atoms with Crippen LogP contribution in [0.4, 0.5) is 0 Å². The predicted molar refractivity (Wildman–Crippen MR) is 119 cm³/mol. The molecule has 0 aliphatic carbocycles. The highest BCUT2D eigenvalue weighted by Crippen LogP contribution is 2.28. The number of pyridine rings is 1. The van der Waals surface area contributed by atoms with E-state index in [4.69, 9.17) is 14.5 Å². The molecule has 1 heterocycles. The molecule has 150 valence electrons. The maximum Gasteiger partial charge on any atom is 0.344 e. The van der Waals surface area contributed by atoms with Gasteiger partial charge in [-0.2, -0.15) is 0 Å². The first-order valence-corrected chi connectivity index (χ1v) is 9.80. The molecule has 0 spiro atoms. The molecule has 0 N–H and O–H groups in total. The molecule has 0 aliphatic rings. The predicted octanol–water partition coefficient (Wildman–Crippen LogP) is 6.05. The van der Waals surface area contributed by atoms with Crippen molar-refractivity contribution < 1.29 is 14.3 Å². The molecule has 30 heavy (non-hydrogen) atoms. The van der Waals surface area contributed by atoms with Gasteiger partial charge in [0.05, 0.1) is 23.9 Å². The second-order valence-corrected chi connectivity index (χ2v) is 7.44. The fourth-order valence-electron chi connectivity index (χ4n) is 3.36. The molecule has 0 radical (unpaired) electrons. The number of nitrogens with zero attached hydrogens (tertiary/aromatic N) is 1. The Hall–Kier alpha value is -3.66. The molecule has 3 aromatic carbocycles. The van der Waals surface area contributed by atoms with Gasteiger partial charge in [0.2, 0.25) is 0 Å². The summed E-state index contributed by atoms with van der Waals surface area (Å²) in [5, 5.41) is 0.779. The van der Waals surface area contributed by atoms with Gasteiger partial charge in [0.1, 0.15) is 11.5 Å². The van der Waals surface area contributed by atoms with Crippen LogP contribution in [-0.4, -0.2) is 18.1 Å². The molecule has 0 bridgehead atoms. The van der Waals surface area contributed by atoms with Crippen molar-refractivity contribution in [3.05, 3.63) is 89.0 Å². The third-order valence-electron chi connectivity index (χ3n) is 5.26. The number of ether oxygens (including phenoxy) is 2. The zero-order chi connectivity index (χ0) is 21.3. The largest absolute Gasteiger partial charge is 0.497 e. The zero-order valence-corrected chi connectivity index (χ0v) is 17.5. The normalized spacial score (nSPS) is 10.8. The van der Waals surface area contributed by atoms with E-state index < -0.39 is 5.97 Å². The quantitative estimate of drug-likeness (QED) is 0.310. The number of rotatable bonds is 4. The minimum atomic E-state index is -0.397. The third kappa shape index (κ3) is 3.90. The van der Waals surface area contributed by atoms with Gasteiger partial charge in [-0.25, -0.2) is 9.78 Å². The number of carbonyl (C=O) groups excluding carboxylic acids is 1. The van der Waals surface area contributed by atoms with Crippen LogP contribution in [0.25, 0.3) is 22.2 Å². The minimum Gasteiger partial charge on any atom is -0.497 e. The van der Waals surface area contributed by atoms with E-state index in [-0.39, 0.29) is 0 Å². The Balaban J connectivity index is 1.80. The van der Waals surface area contributed by atoms with E-state index >= 15 is 0 Å². The summed E-state index contributed by atoms with van der Waals surface area (Å²) >= 11 is 0. The van der Waals surface area contributed by atoms with Crippen LogP contribution in [0.15, 0.2) is 66.7 Å². The molecular formula is C26H23NO3. The summed E-state index contributed by atoms with van der Waals surface area (Å²) in [6, 6.07) is 21.0. The van der Waals surface area contributed by atoms with E-state index in [1.54, 1.807) is 13.2 Å². The van der Waals surface area contributed by atoms with Gasteiger partial charge >= 0.3 is 5.97 Å². The summed E-state index contributed by atoms with van der Waals surface area (Å²) in [6.07, 6.45) is 0. The van der Waals surface area contributed by atoms with Crippen LogP contribution in [0.1, 0.15) is 27.0 Å². The zero-order valence-electron chi connectivity index (χ0n) is 17.5. The number of hydrogen-bond donors (Lipinski definition) is 0. The Bertz CT molecular complexity index is 1240. The Kier molecular flexibility index (Phi) is 5.23. The van der Waals surface area contributed by atoms with Crippen LogP contribution in [0.3, 0.4) is 0 Å². The van der Waals surface area contributed by atoms with Gasteiger partial charge in [-0.15, -0.1) is 0 Å². The van der Waals surface area contributed by atoms with Crippen molar-refractivity contribution in [2.45, 2.75) is 20.8 Å². The average Bonchev–Trinajstić information content (AvgIpc) is 2.75. The van der Waals surface area contributed by atoms with Crippen LogP contribution < -0.4 is 9.47 Å². The monoisotopic (exact) mass is 397 g/mol. The number of aryl methyl sites for hydroxylation is 3. The molecule has 0 aliphatic heterocycles. The van der Waals surface area contributed by atoms with E-state index in [2.05, 4.69) is 0 Å². The molecule has 0 amide bonds. The summed E-state index contributed by atoms with van der Waals surface area (Å²) in [6.45, 7) is 6.02. The molecule has 4 rings (SSSR count). The lowest BCUT2D eigenvalue weighted by molar-refractivity contribution is 0.0736. The van der Waals surface area contributed by atoms with Gasteiger partial charge in [0.15, 0.2) is 0 Å². The van der Waals surface area contributed by atoms with Gasteiger partial charge < -0.3 is 9.47 Å². The van der Waals surface area contributed by atoms with Crippen molar-refractivity contribution in [1.82, 2.24) is 4.98 Å². The molecular weight excluding hydrogens is 374 g/mol. The number of methoxy groups -OCH3 is 1. The van der Waals surface area contributed by atoms with Crippen molar-refractivity contribution in [3.8, 4) is 22.8 Å². The third-order valence-corrected chi connectivity index (χ3v) is 5.26. The Labute approximate surface area is 176 Å². The van der Waals surface area contributed by atoms with E-state index in [0.717, 1.165) is 38.9 Å². The summed E-state index contributed by atoms with van der Waals surface area (Å²) < 4.78 is 11.0. The van der Waals surface area contributed by atoms with Gasteiger partial charge in [-0.3, -0.25) is 0 Å². The Morgan fingerprint density at radius 2 is 1.53 bits per heavy atom. The summed E-state index contributed by atoms with van der Waals surface area (Å²) in [5.41, 5.74) is 6.14. The van der Waals surface area contributed by atoms with Gasteiger partial charge in [0.25, 0.3) is 0 Å². The number of hydrogen-bond acceptors (Lipinski definition) is 4. The second kappa shape index (κ2) is 7.99. The number of esters is 1. The van der Waals surface area contributed by atoms with Crippen LogP contribution in [0.5, 0.6) is 11.5 Å². The standard InChI is InChI=1S/C26H23NO3/c1-16-5-12-24-22(13-16)23(26(28)30-21-9-6-17(2)18(3)14-21)15-25(27-24)19-7-10-20(29-4)11-8-19/h5-15H,1-4H3. The summed E-state index contributed by atoms with van der Waals surface area (Å²) in [4.78, 5) is 17.9. The van der Waals surface area contributed by atoms with Gasteiger partial charge in [-0.05, 0) is 86.5 Å². The molecule has 0 atom stereocenters. The summed E-state index contributed by atoms with van der Waals surface area (Å²) in [7, 11) is 1.63. The van der Waals surface area contributed by atoms with Crippen LogP contribution in [0, 0.1) is 20.8 Å². The topological polar surface area (TPSA) is 48.4 Å². The van der Waals surface area contributed by atoms with Crippen molar-refractivity contribution in [1.29, 1.82) is 0 Å². The molecule has 4 nitrogen and oxygen atoms in total. The lowest BCUT2D eigenvalue weighted by atomic mass is 10.0. The molecule has 1 aromatic heterocycles. The van der Waals surface area contributed by atoms with E-state index in [1.807, 2.05) is 81.4 Å². The minimum absolute atomic E-state index is 0.397. The van der Waals surface area contributed by atoms with E-state index in [0.29, 0.717) is 17.0 Å². The van der Waals surface area contributed by atoms with Crippen molar-refractivity contribution in [2.24, 2.45) is 0 Å². The fourth-order valence-corrected chi connectivity index (χ4v) is 3.36. The van der Waals surface area contributed by atoms with Crippen LogP contribution in [-0.2, 0) is 0 Å².